The summed E-state index contributed by atoms with van der Waals surface area (Å²) in [5, 5.41) is 2.96. The van der Waals surface area contributed by atoms with Crippen molar-refractivity contribution in [3.8, 4) is 0 Å². The van der Waals surface area contributed by atoms with E-state index in [0.29, 0.717) is 6.61 Å². The molecule has 0 saturated carbocycles. The van der Waals surface area contributed by atoms with Crippen LogP contribution in [0, 0.1) is 5.41 Å². The SMILES string of the molecule is CC1(C)C[C@@H](COC2CCCCO2)NC1=O. The molecule has 1 amide bonds. The van der Waals surface area contributed by atoms with E-state index < -0.39 is 0 Å². The van der Waals surface area contributed by atoms with Gasteiger partial charge in [-0.15, -0.1) is 0 Å². The van der Waals surface area contributed by atoms with E-state index >= 15 is 0 Å². The van der Waals surface area contributed by atoms with E-state index in [4.69, 9.17) is 9.47 Å². The molecule has 0 bridgehead atoms. The molecule has 2 rings (SSSR count). The van der Waals surface area contributed by atoms with Crippen LogP contribution < -0.4 is 5.32 Å². The summed E-state index contributed by atoms with van der Waals surface area (Å²) < 4.78 is 11.2. The molecule has 92 valence electrons. The van der Waals surface area contributed by atoms with E-state index in [-0.39, 0.29) is 23.7 Å². The second kappa shape index (κ2) is 4.72. The Labute approximate surface area is 96.7 Å². The Balaban J connectivity index is 1.73. The van der Waals surface area contributed by atoms with Crippen LogP contribution >= 0.6 is 0 Å². The molecule has 0 aliphatic carbocycles. The molecule has 0 spiro atoms. The van der Waals surface area contributed by atoms with Crippen LogP contribution in [-0.2, 0) is 14.3 Å². The highest BCUT2D eigenvalue weighted by atomic mass is 16.7. The number of carbonyl (C=O) groups excluding carboxylic acids is 1. The van der Waals surface area contributed by atoms with Crippen molar-refractivity contribution in [2.75, 3.05) is 13.2 Å². The first-order chi connectivity index (χ1) is 7.58. The first kappa shape index (κ1) is 11.9. The Bertz CT molecular complexity index is 259. The summed E-state index contributed by atoms with van der Waals surface area (Å²) in [5.74, 6) is 0.130. The number of amides is 1. The van der Waals surface area contributed by atoms with Crippen LogP contribution in [0.4, 0.5) is 0 Å². The van der Waals surface area contributed by atoms with E-state index in [1.165, 1.54) is 6.42 Å². The van der Waals surface area contributed by atoms with Gasteiger partial charge in [-0.1, -0.05) is 13.8 Å². The maximum Gasteiger partial charge on any atom is 0.226 e. The molecule has 2 aliphatic heterocycles. The number of hydrogen-bond acceptors (Lipinski definition) is 3. The van der Waals surface area contributed by atoms with Gasteiger partial charge in [-0.25, -0.2) is 0 Å². The lowest BCUT2D eigenvalue weighted by Crippen LogP contribution is -2.33. The average Bonchev–Trinajstić information content (AvgIpc) is 2.52. The minimum absolute atomic E-state index is 0.0608. The van der Waals surface area contributed by atoms with Crippen LogP contribution in [0.3, 0.4) is 0 Å². The first-order valence-corrected chi connectivity index (χ1v) is 6.12. The highest BCUT2D eigenvalue weighted by Gasteiger charge is 2.39. The lowest BCUT2D eigenvalue weighted by molar-refractivity contribution is -0.165. The van der Waals surface area contributed by atoms with Gasteiger partial charge in [-0.2, -0.15) is 0 Å². The van der Waals surface area contributed by atoms with Crippen molar-refractivity contribution in [1.82, 2.24) is 5.32 Å². The Morgan fingerprint density at radius 3 is 2.88 bits per heavy atom. The average molecular weight is 227 g/mol. The zero-order valence-corrected chi connectivity index (χ0v) is 10.1. The predicted molar refractivity (Wildman–Crippen MR) is 59.9 cm³/mol. The van der Waals surface area contributed by atoms with E-state index in [9.17, 15) is 4.79 Å². The molecular formula is C12H21NO3. The highest BCUT2D eigenvalue weighted by Crippen LogP contribution is 2.29. The van der Waals surface area contributed by atoms with Crippen LogP contribution in [0.1, 0.15) is 39.5 Å². The van der Waals surface area contributed by atoms with Gasteiger partial charge in [0.25, 0.3) is 0 Å². The topological polar surface area (TPSA) is 47.6 Å². The van der Waals surface area contributed by atoms with Crippen molar-refractivity contribution in [1.29, 1.82) is 0 Å². The molecule has 2 aliphatic rings. The van der Waals surface area contributed by atoms with Crippen LogP contribution in [0.5, 0.6) is 0 Å². The first-order valence-electron chi connectivity index (χ1n) is 6.12. The van der Waals surface area contributed by atoms with Gasteiger partial charge in [0.1, 0.15) is 0 Å². The maximum atomic E-state index is 11.6. The van der Waals surface area contributed by atoms with Crippen LogP contribution in [0.25, 0.3) is 0 Å². The van der Waals surface area contributed by atoms with Crippen LogP contribution in [0.2, 0.25) is 0 Å². The quantitative estimate of drug-likeness (QED) is 0.793. The molecule has 4 heteroatoms. The Morgan fingerprint density at radius 1 is 1.50 bits per heavy atom. The summed E-state index contributed by atoms with van der Waals surface area (Å²) in [6.07, 6.45) is 4.07. The molecule has 2 saturated heterocycles. The molecule has 2 heterocycles. The van der Waals surface area contributed by atoms with Gasteiger partial charge in [0.05, 0.1) is 12.6 Å². The summed E-state index contributed by atoms with van der Waals surface area (Å²) >= 11 is 0. The predicted octanol–water partition coefficient (Wildman–Crippen LogP) is 1.44. The Hall–Kier alpha value is -0.610. The van der Waals surface area contributed by atoms with Gasteiger partial charge in [-0.3, -0.25) is 4.79 Å². The molecule has 0 aromatic carbocycles. The highest BCUT2D eigenvalue weighted by molar-refractivity contribution is 5.84. The van der Waals surface area contributed by atoms with E-state index in [1.807, 2.05) is 13.8 Å². The Morgan fingerprint density at radius 2 is 2.31 bits per heavy atom. The third kappa shape index (κ3) is 2.74. The summed E-state index contributed by atoms with van der Waals surface area (Å²) in [6.45, 7) is 5.31. The second-order valence-electron chi connectivity index (χ2n) is 5.39. The monoisotopic (exact) mass is 227 g/mol. The molecule has 0 aromatic rings. The number of ether oxygens (including phenoxy) is 2. The molecule has 1 unspecified atom stereocenters. The smallest absolute Gasteiger partial charge is 0.226 e. The zero-order chi connectivity index (χ0) is 11.6. The van der Waals surface area contributed by atoms with Crippen molar-refractivity contribution in [3.05, 3.63) is 0 Å². The standard InChI is InChI=1S/C12H21NO3/c1-12(2)7-9(13-11(12)14)8-16-10-5-3-4-6-15-10/h9-10H,3-8H2,1-2H3,(H,13,14)/t9-,10?/m0/s1. The van der Waals surface area contributed by atoms with Crippen molar-refractivity contribution in [2.45, 2.75) is 51.9 Å². The zero-order valence-electron chi connectivity index (χ0n) is 10.1. The minimum Gasteiger partial charge on any atom is -0.353 e. The molecule has 0 aromatic heterocycles. The molecule has 2 fully saturated rings. The van der Waals surface area contributed by atoms with Crippen LogP contribution in [-0.4, -0.2) is 31.5 Å². The van der Waals surface area contributed by atoms with Gasteiger partial charge >= 0.3 is 0 Å². The van der Waals surface area contributed by atoms with Gasteiger partial charge in [0.15, 0.2) is 6.29 Å². The molecule has 16 heavy (non-hydrogen) atoms. The number of nitrogens with one attached hydrogen (secondary N) is 1. The largest absolute Gasteiger partial charge is 0.353 e. The lowest BCUT2D eigenvalue weighted by Gasteiger charge is -2.24. The fourth-order valence-corrected chi connectivity index (χ4v) is 2.31. The van der Waals surface area contributed by atoms with Gasteiger partial charge in [-0.05, 0) is 25.7 Å². The third-order valence-corrected chi connectivity index (χ3v) is 3.33. The van der Waals surface area contributed by atoms with Crippen molar-refractivity contribution < 1.29 is 14.3 Å². The second-order valence-corrected chi connectivity index (χ2v) is 5.39. The van der Waals surface area contributed by atoms with Crippen molar-refractivity contribution in [2.24, 2.45) is 5.41 Å². The normalized spacial score (nSPS) is 33.8. The maximum absolute atomic E-state index is 11.6. The van der Waals surface area contributed by atoms with Crippen molar-refractivity contribution in [3.63, 3.8) is 0 Å². The summed E-state index contributed by atoms with van der Waals surface area (Å²) in [6, 6.07) is 0.146. The molecule has 2 atom stereocenters. The minimum atomic E-state index is -0.249. The number of carbonyl (C=O) groups is 1. The number of hydrogen-bond donors (Lipinski definition) is 1. The molecule has 0 radical (unpaired) electrons. The van der Waals surface area contributed by atoms with E-state index in [0.717, 1.165) is 25.9 Å². The van der Waals surface area contributed by atoms with Gasteiger partial charge < -0.3 is 14.8 Å². The van der Waals surface area contributed by atoms with E-state index in [2.05, 4.69) is 5.32 Å². The number of rotatable bonds is 3. The lowest BCUT2D eigenvalue weighted by atomic mass is 9.90. The summed E-state index contributed by atoms with van der Waals surface area (Å²) in [4.78, 5) is 11.6. The van der Waals surface area contributed by atoms with Gasteiger partial charge in [0.2, 0.25) is 5.91 Å². The van der Waals surface area contributed by atoms with Crippen LogP contribution in [0.15, 0.2) is 0 Å². The molecular weight excluding hydrogens is 206 g/mol. The summed E-state index contributed by atoms with van der Waals surface area (Å²) in [7, 11) is 0. The molecule has 1 N–H and O–H groups in total. The Kier molecular flexibility index (Phi) is 3.50. The van der Waals surface area contributed by atoms with E-state index in [1.54, 1.807) is 0 Å². The van der Waals surface area contributed by atoms with Gasteiger partial charge in [0, 0.05) is 12.0 Å². The summed E-state index contributed by atoms with van der Waals surface area (Å²) in [5.41, 5.74) is -0.249. The third-order valence-electron chi connectivity index (χ3n) is 3.33. The fraction of sp³-hybridized carbons (Fsp3) is 0.917. The molecule has 4 nitrogen and oxygen atoms in total. The fourth-order valence-electron chi connectivity index (χ4n) is 2.31. The van der Waals surface area contributed by atoms with Crippen molar-refractivity contribution >= 4 is 5.91 Å².